The molecule has 4 aromatic rings. The van der Waals surface area contributed by atoms with Gasteiger partial charge in [-0.05, 0) is 43.3 Å². The minimum Gasteiger partial charge on any atom is -0.280 e. The van der Waals surface area contributed by atoms with E-state index < -0.39 is 10.0 Å². The Morgan fingerprint density at radius 1 is 1.00 bits per heavy atom. The van der Waals surface area contributed by atoms with Gasteiger partial charge in [0.25, 0.3) is 10.0 Å². The van der Waals surface area contributed by atoms with Gasteiger partial charge in [-0.1, -0.05) is 12.1 Å². The van der Waals surface area contributed by atoms with E-state index in [1.807, 2.05) is 19.1 Å². The number of nitrogens with one attached hydrogen (secondary N) is 1. The number of benzene rings is 1. The van der Waals surface area contributed by atoms with Gasteiger partial charge in [0.2, 0.25) is 0 Å². The molecule has 0 atom stereocenters. The van der Waals surface area contributed by atoms with Gasteiger partial charge >= 0.3 is 0 Å². The normalized spacial score (nSPS) is 11.6. The molecule has 1 aromatic carbocycles. The van der Waals surface area contributed by atoms with Crippen molar-refractivity contribution in [2.75, 3.05) is 4.72 Å². The van der Waals surface area contributed by atoms with Gasteiger partial charge in [0.15, 0.2) is 11.5 Å². The molecule has 0 radical (unpaired) electrons. The Balaban J connectivity index is 1.61. The molecule has 0 aliphatic heterocycles. The van der Waals surface area contributed by atoms with Crippen molar-refractivity contribution in [1.29, 1.82) is 0 Å². The summed E-state index contributed by atoms with van der Waals surface area (Å²) in [7, 11) is -3.67. The number of hydrogen-bond acceptors (Lipinski definition) is 6. The fourth-order valence-corrected chi connectivity index (χ4v) is 3.50. The van der Waals surface area contributed by atoms with Crippen molar-refractivity contribution >= 4 is 21.4 Å². The lowest BCUT2D eigenvalue weighted by Crippen LogP contribution is -2.12. The number of rotatable bonds is 4. The van der Waals surface area contributed by atoms with Crippen LogP contribution in [0, 0.1) is 6.92 Å². The molecule has 130 valence electrons. The van der Waals surface area contributed by atoms with E-state index in [4.69, 9.17) is 0 Å². The van der Waals surface area contributed by atoms with Crippen molar-refractivity contribution in [2.45, 2.75) is 11.8 Å². The molecule has 0 bridgehead atoms. The van der Waals surface area contributed by atoms with Crippen LogP contribution in [0.15, 0.2) is 65.8 Å². The highest BCUT2D eigenvalue weighted by Crippen LogP contribution is 2.21. The van der Waals surface area contributed by atoms with Crippen LogP contribution >= 0.6 is 0 Å². The second-order valence-corrected chi connectivity index (χ2v) is 7.29. The van der Waals surface area contributed by atoms with Crippen LogP contribution in [0.3, 0.4) is 0 Å². The van der Waals surface area contributed by atoms with Gasteiger partial charge in [0.05, 0.1) is 5.69 Å². The first-order chi connectivity index (χ1) is 12.5. The van der Waals surface area contributed by atoms with Crippen molar-refractivity contribution in [3.63, 3.8) is 0 Å². The number of aromatic nitrogens is 5. The number of fused-ring (bicyclic) bond motifs is 1. The van der Waals surface area contributed by atoms with Gasteiger partial charge in [-0.15, -0.1) is 10.2 Å². The van der Waals surface area contributed by atoms with E-state index in [1.54, 1.807) is 34.8 Å². The highest BCUT2D eigenvalue weighted by Gasteiger charge is 2.14. The van der Waals surface area contributed by atoms with Crippen LogP contribution in [0.4, 0.5) is 5.69 Å². The summed E-state index contributed by atoms with van der Waals surface area (Å²) in [6.45, 7) is 1.83. The Labute approximate surface area is 149 Å². The topological polar surface area (TPSA) is 102 Å². The SMILES string of the molecule is Cc1nnc2ccc(-c3ccc(NS(=O)(=O)c4cccnc4)cc3)nn12. The first kappa shape index (κ1) is 16.2. The molecular weight excluding hydrogens is 352 g/mol. The summed E-state index contributed by atoms with van der Waals surface area (Å²) in [4.78, 5) is 3.94. The van der Waals surface area contributed by atoms with Crippen LogP contribution in [0.5, 0.6) is 0 Å². The third-order valence-corrected chi connectivity index (χ3v) is 5.16. The second-order valence-electron chi connectivity index (χ2n) is 5.61. The van der Waals surface area contributed by atoms with E-state index in [9.17, 15) is 8.42 Å². The largest absolute Gasteiger partial charge is 0.280 e. The maximum absolute atomic E-state index is 12.3. The zero-order chi connectivity index (χ0) is 18.1. The van der Waals surface area contributed by atoms with Crippen LogP contribution < -0.4 is 4.72 Å². The summed E-state index contributed by atoms with van der Waals surface area (Å²) in [5, 5.41) is 12.5. The van der Waals surface area contributed by atoms with Crippen molar-refractivity contribution in [2.24, 2.45) is 0 Å². The number of anilines is 1. The molecule has 0 saturated heterocycles. The summed E-state index contributed by atoms with van der Waals surface area (Å²) in [6, 6.07) is 13.7. The average molecular weight is 366 g/mol. The number of pyridine rings is 1. The Hall–Kier alpha value is -3.33. The first-order valence-electron chi connectivity index (χ1n) is 7.75. The third kappa shape index (κ3) is 3.00. The third-order valence-electron chi connectivity index (χ3n) is 3.80. The Morgan fingerprint density at radius 2 is 1.81 bits per heavy atom. The quantitative estimate of drug-likeness (QED) is 0.594. The molecule has 26 heavy (non-hydrogen) atoms. The van der Waals surface area contributed by atoms with Crippen LogP contribution in [0.1, 0.15) is 5.82 Å². The molecule has 0 unspecified atom stereocenters. The highest BCUT2D eigenvalue weighted by atomic mass is 32.2. The summed E-state index contributed by atoms with van der Waals surface area (Å²) in [5.41, 5.74) is 2.72. The molecule has 4 rings (SSSR count). The van der Waals surface area contributed by atoms with Crippen molar-refractivity contribution in [3.8, 4) is 11.3 Å². The highest BCUT2D eigenvalue weighted by molar-refractivity contribution is 7.92. The number of hydrogen-bond donors (Lipinski definition) is 1. The maximum atomic E-state index is 12.3. The molecule has 1 N–H and O–H groups in total. The minimum atomic E-state index is -3.67. The standard InChI is InChI=1S/C17H14N6O2S/c1-12-19-20-17-9-8-16(21-23(12)17)13-4-6-14(7-5-13)22-26(24,25)15-3-2-10-18-11-15/h2-11,22H,1H3. The minimum absolute atomic E-state index is 0.110. The van der Waals surface area contributed by atoms with Gasteiger partial charge in [0.1, 0.15) is 4.90 Å². The van der Waals surface area contributed by atoms with Crippen LogP contribution in [-0.4, -0.2) is 33.2 Å². The van der Waals surface area contributed by atoms with Crippen molar-refractivity contribution < 1.29 is 8.42 Å². The lowest BCUT2D eigenvalue weighted by Gasteiger charge is -2.08. The zero-order valence-electron chi connectivity index (χ0n) is 13.7. The smallest absolute Gasteiger partial charge is 0.263 e. The summed E-state index contributed by atoms with van der Waals surface area (Å²) >= 11 is 0. The summed E-state index contributed by atoms with van der Waals surface area (Å²) in [5.74, 6) is 0.697. The molecule has 3 heterocycles. The van der Waals surface area contributed by atoms with E-state index in [2.05, 4.69) is 25.0 Å². The van der Waals surface area contributed by atoms with Crippen molar-refractivity contribution in [1.82, 2.24) is 24.8 Å². The monoisotopic (exact) mass is 366 g/mol. The number of aryl methyl sites for hydroxylation is 1. The predicted octanol–water partition coefficient (Wildman–Crippen LogP) is 2.30. The fourth-order valence-electron chi connectivity index (χ4n) is 2.48. The number of sulfonamides is 1. The van der Waals surface area contributed by atoms with E-state index in [0.29, 0.717) is 17.2 Å². The second kappa shape index (κ2) is 6.19. The van der Waals surface area contributed by atoms with Gasteiger partial charge in [-0.2, -0.15) is 9.61 Å². The Kier molecular flexibility index (Phi) is 3.85. The molecule has 0 aliphatic carbocycles. The van der Waals surface area contributed by atoms with E-state index in [1.165, 1.54) is 18.5 Å². The molecular formula is C17H14N6O2S. The lowest BCUT2D eigenvalue weighted by molar-refractivity contribution is 0.601. The summed E-state index contributed by atoms with van der Waals surface area (Å²) < 4.78 is 28.9. The molecule has 0 saturated carbocycles. The molecule has 0 amide bonds. The lowest BCUT2D eigenvalue weighted by atomic mass is 10.1. The van der Waals surface area contributed by atoms with Crippen LogP contribution in [0.2, 0.25) is 0 Å². The molecule has 0 fully saturated rings. The predicted molar refractivity (Wildman–Crippen MR) is 96.0 cm³/mol. The molecule has 0 aliphatic rings. The number of nitrogens with zero attached hydrogens (tertiary/aromatic N) is 5. The Morgan fingerprint density at radius 3 is 2.54 bits per heavy atom. The molecule has 0 spiro atoms. The zero-order valence-corrected chi connectivity index (χ0v) is 14.6. The van der Waals surface area contributed by atoms with Gasteiger partial charge in [0, 0.05) is 23.6 Å². The van der Waals surface area contributed by atoms with Gasteiger partial charge < -0.3 is 0 Å². The summed E-state index contributed by atoms with van der Waals surface area (Å²) in [6.07, 6.45) is 2.83. The fraction of sp³-hybridized carbons (Fsp3) is 0.0588. The first-order valence-corrected chi connectivity index (χ1v) is 9.24. The molecule has 8 nitrogen and oxygen atoms in total. The van der Waals surface area contributed by atoms with Crippen LogP contribution in [-0.2, 0) is 10.0 Å². The van der Waals surface area contributed by atoms with Crippen LogP contribution in [0.25, 0.3) is 16.9 Å². The molecule has 3 aromatic heterocycles. The van der Waals surface area contributed by atoms with Gasteiger partial charge in [-0.3, -0.25) is 9.71 Å². The Bertz CT molecular complexity index is 1170. The maximum Gasteiger partial charge on any atom is 0.263 e. The molecule has 9 heteroatoms. The van der Waals surface area contributed by atoms with E-state index in [-0.39, 0.29) is 4.90 Å². The van der Waals surface area contributed by atoms with Crippen molar-refractivity contribution in [3.05, 3.63) is 66.7 Å². The van der Waals surface area contributed by atoms with E-state index >= 15 is 0 Å². The average Bonchev–Trinajstić information content (AvgIpc) is 3.03. The van der Waals surface area contributed by atoms with E-state index in [0.717, 1.165) is 11.3 Å². The van der Waals surface area contributed by atoms with Gasteiger partial charge in [-0.25, -0.2) is 8.42 Å².